The molecule has 1 heterocycles. The zero-order valence-corrected chi connectivity index (χ0v) is 15.1. The van der Waals surface area contributed by atoms with Gasteiger partial charge in [-0.05, 0) is 36.0 Å². The van der Waals surface area contributed by atoms with Crippen molar-refractivity contribution in [2.24, 2.45) is 0 Å². The molecule has 2 rings (SSSR count). The van der Waals surface area contributed by atoms with Crippen LogP contribution in [-0.2, 0) is 15.0 Å². The van der Waals surface area contributed by atoms with Crippen molar-refractivity contribution in [1.82, 2.24) is 16.0 Å². The fraction of sp³-hybridized carbons (Fsp3) is 0.526. The van der Waals surface area contributed by atoms with Gasteiger partial charge in [0.2, 0.25) is 11.8 Å². The number of nitrogens with one attached hydrogen (secondary N) is 3. The van der Waals surface area contributed by atoms with Gasteiger partial charge < -0.3 is 16.0 Å². The van der Waals surface area contributed by atoms with E-state index in [0.717, 1.165) is 5.56 Å². The molecule has 0 bridgehead atoms. The Labute approximate surface area is 148 Å². The van der Waals surface area contributed by atoms with Gasteiger partial charge in [0.25, 0.3) is 5.91 Å². The van der Waals surface area contributed by atoms with Crippen molar-refractivity contribution >= 4 is 17.7 Å². The molecule has 1 aliphatic rings. The Hall–Kier alpha value is -2.37. The molecule has 6 nitrogen and oxygen atoms in total. The van der Waals surface area contributed by atoms with Crippen LogP contribution in [0.4, 0.5) is 0 Å². The van der Waals surface area contributed by atoms with Crippen molar-refractivity contribution in [3.8, 4) is 0 Å². The van der Waals surface area contributed by atoms with Gasteiger partial charge >= 0.3 is 0 Å². The minimum Gasteiger partial charge on any atom is -0.356 e. The van der Waals surface area contributed by atoms with Gasteiger partial charge in [0.05, 0.1) is 6.54 Å². The lowest BCUT2D eigenvalue weighted by atomic mass is 9.87. The van der Waals surface area contributed by atoms with Crippen molar-refractivity contribution in [3.05, 3.63) is 35.4 Å². The molecule has 0 aliphatic carbocycles. The van der Waals surface area contributed by atoms with Gasteiger partial charge in [0.1, 0.15) is 0 Å². The minimum absolute atomic E-state index is 0.0174. The molecule has 136 valence electrons. The summed E-state index contributed by atoms with van der Waals surface area (Å²) in [5.74, 6) is -0.490. The van der Waals surface area contributed by atoms with Crippen LogP contribution in [0.2, 0.25) is 0 Å². The van der Waals surface area contributed by atoms with E-state index in [1.165, 1.54) is 0 Å². The molecule has 0 spiro atoms. The first-order valence-electron chi connectivity index (χ1n) is 8.70. The summed E-state index contributed by atoms with van der Waals surface area (Å²) in [4.78, 5) is 35.4. The normalized spacial score (nSPS) is 18.0. The molecule has 3 amide bonds. The quantitative estimate of drug-likeness (QED) is 0.773. The molecule has 6 heteroatoms. The van der Waals surface area contributed by atoms with Crippen LogP contribution in [-0.4, -0.2) is 36.9 Å². The average Bonchev–Trinajstić information content (AvgIpc) is 2.76. The lowest BCUT2D eigenvalue weighted by Crippen LogP contribution is -2.42. The van der Waals surface area contributed by atoms with Gasteiger partial charge in [-0.1, -0.05) is 32.9 Å². The van der Waals surface area contributed by atoms with Gasteiger partial charge in [-0.3, -0.25) is 14.4 Å². The number of hydrogen-bond acceptors (Lipinski definition) is 3. The van der Waals surface area contributed by atoms with Crippen LogP contribution in [0.3, 0.4) is 0 Å². The maximum absolute atomic E-state index is 12.2. The van der Waals surface area contributed by atoms with Crippen molar-refractivity contribution in [1.29, 1.82) is 0 Å². The van der Waals surface area contributed by atoms with Crippen LogP contribution < -0.4 is 16.0 Å². The van der Waals surface area contributed by atoms with E-state index < -0.39 is 0 Å². The Balaban J connectivity index is 1.81. The number of carbonyl (C=O) groups excluding carboxylic acids is 3. The van der Waals surface area contributed by atoms with E-state index in [1.807, 2.05) is 12.1 Å². The first-order chi connectivity index (χ1) is 11.8. The maximum atomic E-state index is 12.2. The molecule has 0 aromatic heterocycles. The molecule has 1 atom stereocenters. The fourth-order valence-corrected chi connectivity index (χ4v) is 2.73. The summed E-state index contributed by atoms with van der Waals surface area (Å²) < 4.78 is 0. The van der Waals surface area contributed by atoms with Crippen LogP contribution in [0, 0.1) is 0 Å². The van der Waals surface area contributed by atoms with Gasteiger partial charge in [-0.15, -0.1) is 0 Å². The SMILES string of the molecule is CC(C)(C)c1ccc(C(=O)NCC(=O)N[C@H]2CCNC(=O)CC2)cc1. The third kappa shape index (κ3) is 5.89. The molecule has 0 unspecified atom stereocenters. The molecule has 0 radical (unpaired) electrons. The van der Waals surface area contributed by atoms with Gasteiger partial charge in [0, 0.05) is 24.6 Å². The van der Waals surface area contributed by atoms with E-state index in [0.29, 0.717) is 31.4 Å². The Morgan fingerprint density at radius 3 is 2.48 bits per heavy atom. The number of hydrogen-bond donors (Lipinski definition) is 3. The maximum Gasteiger partial charge on any atom is 0.251 e. The van der Waals surface area contributed by atoms with E-state index >= 15 is 0 Å². The van der Waals surface area contributed by atoms with Crippen LogP contribution in [0.15, 0.2) is 24.3 Å². The summed E-state index contributed by atoms with van der Waals surface area (Å²) in [5.41, 5.74) is 1.72. The highest BCUT2D eigenvalue weighted by Gasteiger charge is 2.18. The second-order valence-corrected chi connectivity index (χ2v) is 7.45. The molecule has 1 fully saturated rings. The Morgan fingerprint density at radius 2 is 1.84 bits per heavy atom. The predicted molar refractivity (Wildman–Crippen MR) is 96.3 cm³/mol. The molecular weight excluding hydrogens is 318 g/mol. The van der Waals surface area contributed by atoms with E-state index in [4.69, 9.17) is 0 Å². The summed E-state index contributed by atoms with van der Waals surface area (Å²) >= 11 is 0. The number of rotatable bonds is 4. The number of amides is 3. The third-order valence-electron chi connectivity index (χ3n) is 4.32. The average molecular weight is 345 g/mol. The van der Waals surface area contributed by atoms with Crippen molar-refractivity contribution in [3.63, 3.8) is 0 Å². The lowest BCUT2D eigenvalue weighted by molar-refractivity contribution is -0.122. The summed E-state index contributed by atoms with van der Waals surface area (Å²) in [6.45, 7) is 6.84. The monoisotopic (exact) mass is 345 g/mol. The zero-order chi connectivity index (χ0) is 18.4. The molecule has 3 N–H and O–H groups in total. The zero-order valence-electron chi connectivity index (χ0n) is 15.1. The first-order valence-corrected chi connectivity index (χ1v) is 8.70. The Kier molecular flexibility index (Phi) is 6.17. The van der Waals surface area contributed by atoms with E-state index in [9.17, 15) is 14.4 Å². The van der Waals surface area contributed by atoms with E-state index in [2.05, 4.69) is 36.7 Å². The summed E-state index contributed by atoms with van der Waals surface area (Å²) in [6.07, 6.45) is 1.75. The molecule has 0 saturated carbocycles. The molecule has 1 aliphatic heterocycles. The Morgan fingerprint density at radius 1 is 1.16 bits per heavy atom. The molecular formula is C19H27N3O3. The standard InChI is InChI=1S/C19H27N3O3/c1-19(2,3)14-6-4-13(5-7-14)18(25)21-12-17(24)22-15-8-9-16(23)20-11-10-15/h4-7,15H,8-12H2,1-3H3,(H,20,23)(H,21,25)(H,22,24)/t15-/m1/s1. The molecule has 25 heavy (non-hydrogen) atoms. The second kappa shape index (κ2) is 8.14. The van der Waals surface area contributed by atoms with Crippen molar-refractivity contribution in [2.75, 3.05) is 13.1 Å². The van der Waals surface area contributed by atoms with E-state index in [1.54, 1.807) is 12.1 Å². The van der Waals surface area contributed by atoms with Crippen LogP contribution >= 0.6 is 0 Å². The van der Waals surface area contributed by atoms with Gasteiger partial charge in [0.15, 0.2) is 0 Å². The highest BCUT2D eigenvalue weighted by molar-refractivity contribution is 5.96. The fourth-order valence-electron chi connectivity index (χ4n) is 2.73. The Bertz CT molecular complexity index is 632. The molecule has 1 aromatic rings. The van der Waals surface area contributed by atoms with Crippen LogP contribution in [0.1, 0.15) is 56.0 Å². The first kappa shape index (κ1) is 19.0. The van der Waals surface area contributed by atoms with Crippen LogP contribution in [0.5, 0.6) is 0 Å². The van der Waals surface area contributed by atoms with E-state index in [-0.39, 0.29) is 35.7 Å². The van der Waals surface area contributed by atoms with Crippen molar-refractivity contribution in [2.45, 2.75) is 51.5 Å². The highest BCUT2D eigenvalue weighted by atomic mass is 16.2. The molecule has 1 aromatic carbocycles. The smallest absolute Gasteiger partial charge is 0.251 e. The lowest BCUT2D eigenvalue weighted by Gasteiger charge is -2.19. The topological polar surface area (TPSA) is 87.3 Å². The predicted octanol–water partition coefficient (Wildman–Crippen LogP) is 1.50. The summed E-state index contributed by atoms with van der Waals surface area (Å²) in [7, 11) is 0. The summed E-state index contributed by atoms with van der Waals surface area (Å²) in [6, 6.07) is 7.39. The van der Waals surface area contributed by atoms with Gasteiger partial charge in [-0.2, -0.15) is 0 Å². The third-order valence-corrected chi connectivity index (χ3v) is 4.32. The van der Waals surface area contributed by atoms with Gasteiger partial charge in [-0.25, -0.2) is 0 Å². The summed E-state index contributed by atoms with van der Waals surface area (Å²) in [5, 5.41) is 8.28. The van der Waals surface area contributed by atoms with Crippen LogP contribution in [0.25, 0.3) is 0 Å². The molecule has 1 saturated heterocycles. The largest absolute Gasteiger partial charge is 0.356 e. The highest BCUT2D eigenvalue weighted by Crippen LogP contribution is 2.22. The number of carbonyl (C=O) groups is 3. The number of benzene rings is 1. The van der Waals surface area contributed by atoms with Crippen molar-refractivity contribution < 1.29 is 14.4 Å². The minimum atomic E-state index is -0.270. The second-order valence-electron chi connectivity index (χ2n) is 7.45.